The van der Waals surface area contributed by atoms with Crippen LogP contribution in [0, 0.1) is 0 Å². The van der Waals surface area contributed by atoms with Crippen molar-refractivity contribution in [2.45, 2.75) is 24.6 Å². The second kappa shape index (κ2) is 4.21. The lowest BCUT2D eigenvalue weighted by atomic mass is 10.1. The lowest BCUT2D eigenvalue weighted by Crippen LogP contribution is -2.34. The lowest BCUT2D eigenvalue weighted by molar-refractivity contribution is -0.244. The number of rotatable bonds is 3. The van der Waals surface area contributed by atoms with Gasteiger partial charge in [-0.15, -0.1) is 0 Å². The first-order chi connectivity index (χ1) is 6.35. The number of hydrogen-bond acceptors (Lipinski definition) is 7. The van der Waals surface area contributed by atoms with E-state index in [0.29, 0.717) is 0 Å². The fraction of sp³-hybridized carbons (Fsp3) is 1.00. The lowest BCUT2D eigenvalue weighted by Gasteiger charge is -2.22. The van der Waals surface area contributed by atoms with Crippen LogP contribution in [-0.2, 0) is 13.8 Å². The second-order valence-corrected chi connectivity index (χ2v) is 3.93. The predicted molar refractivity (Wildman–Crippen MR) is 38.7 cm³/mol. The molecule has 4 N–H and O–H groups in total. The van der Waals surface area contributed by atoms with Crippen molar-refractivity contribution in [3.8, 4) is 0 Å². The predicted octanol–water partition coefficient (Wildman–Crippen LogP) is -3.10. The molecule has 9 heteroatoms. The van der Waals surface area contributed by atoms with Gasteiger partial charge in [-0.25, -0.2) is 0 Å². The Labute approximate surface area is 78.9 Å². The van der Waals surface area contributed by atoms with E-state index in [9.17, 15) is 9.46 Å². The summed E-state index contributed by atoms with van der Waals surface area (Å²) in [5.41, 5.74) is 0. The quantitative estimate of drug-likeness (QED) is 0.373. The highest BCUT2D eigenvalue weighted by Crippen LogP contribution is 2.37. The largest absolute Gasteiger partial charge is 0.756 e. The molecule has 1 aliphatic rings. The molecule has 1 saturated heterocycles. The first-order valence-electron chi connectivity index (χ1n) is 3.70. The van der Waals surface area contributed by atoms with Gasteiger partial charge in [-0.05, 0) is 0 Å². The van der Waals surface area contributed by atoms with Crippen LogP contribution in [0.5, 0.6) is 0 Å². The van der Waals surface area contributed by atoms with Crippen molar-refractivity contribution in [1.29, 1.82) is 0 Å². The van der Waals surface area contributed by atoms with Crippen LogP contribution in [0.25, 0.3) is 0 Å². The Kier molecular flexibility index (Phi) is 3.62. The van der Waals surface area contributed by atoms with Crippen LogP contribution in [0.3, 0.4) is 0 Å². The molecule has 14 heavy (non-hydrogen) atoms. The summed E-state index contributed by atoms with van der Waals surface area (Å²) in [6.45, 7) is -0.604. The van der Waals surface area contributed by atoms with E-state index in [1.165, 1.54) is 0 Å². The van der Waals surface area contributed by atoms with Gasteiger partial charge in [0.05, 0.1) is 6.61 Å². The molecule has 8 nitrogen and oxygen atoms in total. The zero-order valence-corrected chi connectivity index (χ0v) is 7.78. The highest BCUT2D eigenvalue weighted by atomic mass is 31.2. The molecule has 3 unspecified atom stereocenters. The molecule has 0 aromatic rings. The molecule has 0 amide bonds. The monoisotopic (exact) mass is 229 g/mol. The minimum absolute atomic E-state index is 0.604. The number of phosphoric ester groups is 1. The van der Waals surface area contributed by atoms with Gasteiger partial charge in [0.15, 0.2) is 6.29 Å². The van der Waals surface area contributed by atoms with Crippen LogP contribution < -0.4 is 4.89 Å². The molecular weight excluding hydrogens is 219 g/mol. The molecule has 0 aliphatic carbocycles. The molecule has 0 bridgehead atoms. The first-order valence-corrected chi connectivity index (χ1v) is 5.19. The van der Waals surface area contributed by atoms with Crippen molar-refractivity contribution < 1.29 is 38.9 Å². The zero-order valence-electron chi connectivity index (χ0n) is 6.89. The number of aliphatic hydroxyl groups is 3. The Bertz CT molecular complexity index is 238. The molecule has 0 radical (unpaired) electrons. The van der Waals surface area contributed by atoms with Crippen molar-refractivity contribution in [1.82, 2.24) is 0 Å². The summed E-state index contributed by atoms with van der Waals surface area (Å²) in [6.07, 6.45) is -5.94. The Morgan fingerprint density at radius 2 is 2.00 bits per heavy atom. The van der Waals surface area contributed by atoms with Gasteiger partial charge in [0, 0.05) is 0 Å². The van der Waals surface area contributed by atoms with E-state index >= 15 is 0 Å². The number of phosphoric acid groups is 1. The van der Waals surface area contributed by atoms with Crippen molar-refractivity contribution in [2.75, 3.05) is 6.61 Å². The third-order valence-electron chi connectivity index (χ3n) is 1.74. The van der Waals surface area contributed by atoms with E-state index in [1.807, 2.05) is 0 Å². The number of ether oxygens (including phenoxy) is 1. The summed E-state index contributed by atoms with van der Waals surface area (Å²) in [4.78, 5) is 18.5. The van der Waals surface area contributed by atoms with Gasteiger partial charge < -0.3 is 29.8 Å². The van der Waals surface area contributed by atoms with Crippen LogP contribution in [0.15, 0.2) is 0 Å². The van der Waals surface area contributed by atoms with Gasteiger partial charge in [0.2, 0.25) is 0 Å². The van der Waals surface area contributed by atoms with Crippen molar-refractivity contribution >= 4 is 7.82 Å². The average Bonchev–Trinajstić information content (AvgIpc) is 2.30. The van der Waals surface area contributed by atoms with Gasteiger partial charge in [0.1, 0.15) is 18.3 Å². The molecule has 0 aromatic carbocycles. The molecule has 0 aromatic heterocycles. The molecule has 84 valence electrons. The Morgan fingerprint density at radius 1 is 1.43 bits per heavy atom. The third-order valence-corrected chi connectivity index (χ3v) is 2.21. The standard InChI is InChI=1S/C5H11O8P/c6-1-2-3(7)4(8)5(12-2)13-14(9,10)11/h2-8H,1H2,(H2,9,10,11)/p-1/t2-,3?,4?,5+/m1/s1. The number of hydrogen-bond donors (Lipinski definition) is 4. The van der Waals surface area contributed by atoms with Gasteiger partial charge in [0.25, 0.3) is 7.82 Å². The Morgan fingerprint density at radius 3 is 2.36 bits per heavy atom. The van der Waals surface area contributed by atoms with Crippen molar-refractivity contribution in [3.63, 3.8) is 0 Å². The summed E-state index contributed by atoms with van der Waals surface area (Å²) >= 11 is 0. The van der Waals surface area contributed by atoms with Gasteiger partial charge in [-0.2, -0.15) is 0 Å². The maximum atomic E-state index is 10.3. The topological polar surface area (TPSA) is 140 Å². The van der Waals surface area contributed by atoms with Crippen molar-refractivity contribution in [3.05, 3.63) is 0 Å². The van der Waals surface area contributed by atoms with E-state index in [0.717, 1.165) is 0 Å². The molecule has 5 atom stereocenters. The molecule has 1 fully saturated rings. The highest BCUT2D eigenvalue weighted by molar-refractivity contribution is 7.44. The van der Waals surface area contributed by atoms with E-state index in [1.54, 1.807) is 0 Å². The SMILES string of the molecule is O=P([O-])(O)O[C@@H]1O[C@H](CO)C(O)C1O. The maximum Gasteiger partial charge on any atom is 0.267 e. The molecule has 0 saturated carbocycles. The van der Waals surface area contributed by atoms with E-state index in [-0.39, 0.29) is 0 Å². The van der Waals surface area contributed by atoms with Crippen LogP contribution in [0.4, 0.5) is 0 Å². The normalized spacial score (nSPS) is 42.4. The second-order valence-electron chi connectivity index (χ2n) is 2.78. The number of aliphatic hydroxyl groups excluding tert-OH is 3. The van der Waals surface area contributed by atoms with Gasteiger partial charge >= 0.3 is 0 Å². The summed E-state index contributed by atoms with van der Waals surface area (Å²) in [7, 11) is -5.04. The van der Waals surface area contributed by atoms with E-state index in [4.69, 9.17) is 20.2 Å². The summed E-state index contributed by atoms with van der Waals surface area (Å²) in [5.74, 6) is 0. The fourth-order valence-corrected chi connectivity index (χ4v) is 1.52. The van der Waals surface area contributed by atoms with Crippen LogP contribution in [0.1, 0.15) is 0 Å². The van der Waals surface area contributed by atoms with Crippen molar-refractivity contribution in [2.24, 2.45) is 0 Å². The summed E-state index contributed by atoms with van der Waals surface area (Å²) in [6, 6.07) is 0. The third kappa shape index (κ3) is 2.72. The molecular formula is C5H10O8P-. The maximum absolute atomic E-state index is 10.3. The Balaban J connectivity index is 2.61. The van der Waals surface area contributed by atoms with Crippen LogP contribution >= 0.6 is 7.82 Å². The smallest absolute Gasteiger partial charge is 0.267 e. The van der Waals surface area contributed by atoms with E-state index < -0.39 is 39.0 Å². The van der Waals surface area contributed by atoms with Gasteiger partial charge in [-0.3, -0.25) is 9.09 Å². The Hall–Kier alpha value is -0.0500. The molecule has 1 aliphatic heterocycles. The molecule has 0 spiro atoms. The van der Waals surface area contributed by atoms with Gasteiger partial charge in [-0.1, -0.05) is 0 Å². The minimum Gasteiger partial charge on any atom is -0.756 e. The highest BCUT2D eigenvalue weighted by Gasteiger charge is 2.44. The summed E-state index contributed by atoms with van der Waals surface area (Å²) < 4.78 is 18.8. The van der Waals surface area contributed by atoms with Crippen LogP contribution in [-0.4, -0.2) is 51.4 Å². The van der Waals surface area contributed by atoms with Crippen LogP contribution in [0.2, 0.25) is 0 Å². The fourth-order valence-electron chi connectivity index (χ4n) is 1.08. The average molecular weight is 229 g/mol. The first kappa shape index (κ1) is 12.0. The van der Waals surface area contributed by atoms with E-state index in [2.05, 4.69) is 9.26 Å². The molecule has 1 rings (SSSR count). The summed E-state index contributed by atoms with van der Waals surface area (Å²) in [5, 5.41) is 26.9. The zero-order chi connectivity index (χ0) is 10.9. The molecule has 1 heterocycles. The minimum atomic E-state index is -5.04.